The molecule has 2 amide bonds. The minimum absolute atomic E-state index is 0.131. The Hall–Kier alpha value is -1.94. The van der Waals surface area contributed by atoms with Gasteiger partial charge in [0.25, 0.3) is 11.8 Å². The molecule has 0 saturated heterocycles. The SMILES string of the molecule is C=CC(ON1C(=O)c2ccccc2C1=O)C(C)C. The lowest BCUT2D eigenvalue weighted by molar-refractivity contribution is -0.128. The van der Waals surface area contributed by atoms with Crippen LogP contribution in [0.2, 0.25) is 0 Å². The molecular weight excluding hydrogens is 230 g/mol. The normalized spacial score (nSPS) is 16.1. The molecule has 18 heavy (non-hydrogen) atoms. The van der Waals surface area contributed by atoms with Crippen LogP contribution in [-0.2, 0) is 4.84 Å². The van der Waals surface area contributed by atoms with Crippen LogP contribution in [0.25, 0.3) is 0 Å². The minimum Gasteiger partial charge on any atom is -0.266 e. The molecule has 1 aromatic carbocycles. The lowest BCUT2D eigenvalue weighted by atomic mass is 10.1. The first kappa shape index (κ1) is 12.5. The van der Waals surface area contributed by atoms with Gasteiger partial charge in [-0.05, 0) is 18.1 Å². The molecule has 0 radical (unpaired) electrons. The predicted octanol–water partition coefficient (Wildman–Crippen LogP) is 2.42. The van der Waals surface area contributed by atoms with E-state index in [1.807, 2.05) is 13.8 Å². The maximum absolute atomic E-state index is 12.0. The number of amides is 2. The lowest BCUT2D eigenvalue weighted by Gasteiger charge is -2.22. The second-order valence-corrected chi connectivity index (χ2v) is 4.50. The van der Waals surface area contributed by atoms with Gasteiger partial charge in [0.2, 0.25) is 0 Å². The molecule has 4 nitrogen and oxygen atoms in total. The molecule has 2 rings (SSSR count). The van der Waals surface area contributed by atoms with Crippen LogP contribution in [-0.4, -0.2) is 23.0 Å². The van der Waals surface area contributed by atoms with Crippen LogP contribution in [0.4, 0.5) is 0 Å². The van der Waals surface area contributed by atoms with Gasteiger partial charge in [0.05, 0.1) is 11.1 Å². The van der Waals surface area contributed by atoms with Crippen molar-refractivity contribution in [3.63, 3.8) is 0 Å². The van der Waals surface area contributed by atoms with Gasteiger partial charge in [-0.15, -0.1) is 11.6 Å². The molecule has 1 aromatic rings. The van der Waals surface area contributed by atoms with E-state index in [4.69, 9.17) is 4.84 Å². The second kappa shape index (κ2) is 4.74. The fourth-order valence-electron chi connectivity index (χ4n) is 1.82. The van der Waals surface area contributed by atoms with E-state index in [0.717, 1.165) is 5.06 Å². The van der Waals surface area contributed by atoms with Gasteiger partial charge >= 0.3 is 0 Å². The predicted molar refractivity (Wildman–Crippen MR) is 66.9 cm³/mol. The van der Waals surface area contributed by atoms with E-state index < -0.39 is 11.8 Å². The average Bonchev–Trinajstić information content (AvgIpc) is 2.60. The zero-order chi connectivity index (χ0) is 13.3. The van der Waals surface area contributed by atoms with Gasteiger partial charge in [0.15, 0.2) is 0 Å². The zero-order valence-corrected chi connectivity index (χ0v) is 10.4. The van der Waals surface area contributed by atoms with Crippen molar-refractivity contribution >= 4 is 11.8 Å². The highest BCUT2D eigenvalue weighted by molar-refractivity contribution is 6.20. The number of hydroxylamine groups is 2. The Labute approximate surface area is 106 Å². The first-order valence-electron chi connectivity index (χ1n) is 5.83. The summed E-state index contributed by atoms with van der Waals surface area (Å²) in [5, 5.41) is 0.830. The van der Waals surface area contributed by atoms with Crippen LogP contribution in [0.15, 0.2) is 36.9 Å². The van der Waals surface area contributed by atoms with E-state index in [0.29, 0.717) is 11.1 Å². The number of imide groups is 1. The fraction of sp³-hybridized carbons (Fsp3) is 0.286. The van der Waals surface area contributed by atoms with Crippen molar-refractivity contribution < 1.29 is 14.4 Å². The van der Waals surface area contributed by atoms with Crippen LogP contribution >= 0.6 is 0 Å². The van der Waals surface area contributed by atoms with Crippen LogP contribution in [0.1, 0.15) is 34.6 Å². The summed E-state index contributed by atoms with van der Waals surface area (Å²) < 4.78 is 0. The molecule has 1 aliphatic heterocycles. The fourth-order valence-corrected chi connectivity index (χ4v) is 1.82. The standard InChI is InChI=1S/C14H15NO3/c1-4-12(9(2)3)18-15-13(16)10-7-5-6-8-11(10)14(15)17/h4-9,12H,1H2,2-3H3. The van der Waals surface area contributed by atoms with Crippen molar-refractivity contribution in [3.05, 3.63) is 48.0 Å². The van der Waals surface area contributed by atoms with Crippen LogP contribution in [0, 0.1) is 5.92 Å². The molecule has 0 aromatic heterocycles. The number of hydrogen-bond donors (Lipinski definition) is 0. The molecule has 1 atom stereocenters. The average molecular weight is 245 g/mol. The van der Waals surface area contributed by atoms with Crippen LogP contribution in [0.5, 0.6) is 0 Å². The molecule has 0 aliphatic carbocycles. The maximum atomic E-state index is 12.0. The van der Waals surface area contributed by atoms with Gasteiger partial charge in [-0.3, -0.25) is 14.4 Å². The molecule has 94 valence electrons. The summed E-state index contributed by atoms with van der Waals surface area (Å²) in [4.78, 5) is 29.5. The Morgan fingerprint density at radius 2 is 1.67 bits per heavy atom. The second-order valence-electron chi connectivity index (χ2n) is 4.50. The van der Waals surface area contributed by atoms with Gasteiger partial charge < -0.3 is 0 Å². The number of hydrogen-bond acceptors (Lipinski definition) is 3. The van der Waals surface area contributed by atoms with E-state index in [1.165, 1.54) is 0 Å². The largest absolute Gasteiger partial charge is 0.285 e. The quantitative estimate of drug-likeness (QED) is 0.604. The van der Waals surface area contributed by atoms with Crippen molar-refractivity contribution in [3.8, 4) is 0 Å². The highest BCUT2D eigenvalue weighted by atomic mass is 16.7. The Morgan fingerprint density at radius 3 is 2.06 bits per heavy atom. The van der Waals surface area contributed by atoms with E-state index in [1.54, 1.807) is 30.3 Å². The maximum Gasteiger partial charge on any atom is 0.285 e. The van der Waals surface area contributed by atoms with Crippen molar-refractivity contribution in [1.29, 1.82) is 0 Å². The Balaban J connectivity index is 2.26. The molecule has 0 spiro atoms. The summed E-state index contributed by atoms with van der Waals surface area (Å²) in [6.07, 6.45) is 1.22. The Kier molecular flexibility index (Phi) is 3.30. The number of nitrogens with zero attached hydrogens (tertiary/aromatic N) is 1. The molecule has 0 saturated carbocycles. The van der Waals surface area contributed by atoms with Gasteiger partial charge in [-0.25, -0.2) is 0 Å². The first-order chi connectivity index (χ1) is 8.56. The van der Waals surface area contributed by atoms with Gasteiger partial charge in [0, 0.05) is 0 Å². The lowest BCUT2D eigenvalue weighted by Crippen LogP contribution is -2.35. The number of carbonyl (C=O) groups is 2. The van der Waals surface area contributed by atoms with Gasteiger partial charge in [0.1, 0.15) is 6.10 Å². The smallest absolute Gasteiger partial charge is 0.266 e. The van der Waals surface area contributed by atoms with E-state index >= 15 is 0 Å². The molecule has 0 N–H and O–H groups in total. The number of benzene rings is 1. The number of rotatable bonds is 4. The number of carbonyl (C=O) groups excluding carboxylic acids is 2. The summed E-state index contributed by atoms with van der Waals surface area (Å²) in [5.41, 5.74) is 0.767. The minimum atomic E-state index is -0.414. The first-order valence-corrected chi connectivity index (χ1v) is 5.83. The summed E-state index contributed by atoms with van der Waals surface area (Å²) in [6, 6.07) is 6.69. The summed E-state index contributed by atoms with van der Waals surface area (Å²) in [6.45, 7) is 7.52. The summed E-state index contributed by atoms with van der Waals surface area (Å²) >= 11 is 0. The van der Waals surface area contributed by atoms with E-state index in [9.17, 15) is 9.59 Å². The van der Waals surface area contributed by atoms with Crippen molar-refractivity contribution in [2.24, 2.45) is 5.92 Å². The van der Waals surface area contributed by atoms with Gasteiger partial charge in [-0.1, -0.05) is 32.1 Å². The van der Waals surface area contributed by atoms with Crippen molar-refractivity contribution in [1.82, 2.24) is 5.06 Å². The topological polar surface area (TPSA) is 46.6 Å². The van der Waals surface area contributed by atoms with E-state index in [2.05, 4.69) is 6.58 Å². The molecule has 1 unspecified atom stereocenters. The van der Waals surface area contributed by atoms with E-state index in [-0.39, 0.29) is 12.0 Å². The van der Waals surface area contributed by atoms with Crippen LogP contribution in [0.3, 0.4) is 0 Å². The molecule has 1 aliphatic rings. The molecule has 4 heteroatoms. The summed E-state index contributed by atoms with van der Waals surface area (Å²) in [5.74, 6) is -0.696. The summed E-state index contributed by atoms with van der Waals surface area (Å²) in [7, 11) is 0. The number of fused-ring (bicyclic) bond motifs is 1. The van der Waals surface area contributed by atoms with Crippen molar-refractivity contribution in [2.75, 3.05) is 0 Å². The highest BCUT2D eigenvalue weighted by Crippen LogP contribution is 2.24. The molecular formula is C14H15NO3. The third-order valence-electron chi connectivity index (χ3n) is 2.87. The Morgan fingerprint density at radius 1 is 1.17 bits per heavy atom. The van der Waals surface area contributed by atoms with Crippen LogP contribution < -0.4 is 0 Å². The zero-order valence-electron chi connectivity index (χ0n) is 10.4. The molecule has 1 heterocycles. The molecule has 0 fully saturated rings. The highest BCUT2D eigenvalue weighted by Gasteiger charge is 2.37. The van der Waals surface area contributed by atoms with Gasteiger partial charge in [-0.2, -0.15) is 0 Å². The molecule has 0 bridgehead atoms. The monoisotopic (exact) mass is 245 g/mol. The third-order valence-corrected chi connectivity index (χ3v) is 2.87. The van der Waals surface area contributed by atoms with Crippen molar-refractivity contribution in [2.45, 2.75) is 20.0 Å². The Bertz CT molecular complexity index is 473. The third kappa shape index (κ3) is 1.95.